The fraction of sp³-hybridized carbons (Fsp3) is 0.429. The fourth-order valence-electron chi connectivity index (χ4n) is 2.37. The molecule has 0 radical (unpaired) electrons. The molecule has 1 aliphatic heterocycles. The zero-order chi connectivity index (χ0) is 15.4. The molecule has 114 valence electrons. The summed E-state index contributed by atoms with van der Waals surface area (Å²) in [5, 5.41) is 15.2. The third kappa shape index (κ3) is 4.52. The molecule has 1 aromatic rings. The van der Waals surface area contributed by atoms with Gasteiger partial charge < -0.3 is 15.7 Å². The van der Waals surface area contributed by atoms with Crippen LogP contribution in [0.2, 0.25) is 0 Å². The topological polar surface area (TPSA) is 78.4 Å². The van der Waals surface area contributed by atoms with Gasteiger partial charge in [-0.2, -0.15) is 0 Å². The van der Waals surface area contributed by atoms with E-state index in [0.717, 1.165) is 25.9 Å². The molecule has 1 aromatic carbocycles. The van der Waals surface area contributed by atoms with Crippen LogP contribution in [0.3, 0.4) is 0 Å². The van der Waals surface area contributed by atoms with Crippen molar-refractivity contribution in [2.24, 2.45) is 5.92 Å². The smallest absolute Gasteiger partial charge is 0.337 e. The molecule has 3 N–H and O–H groups in total. The standard InChI is InChI=1S/C14H16Br2N2O3/c15-9-5-10(14(20)21)13(11(16)6-9)18-12(19)2-1-8-3-4-17-7-8/h5-6,8,17H,1-4,7H2,(H,18,19)(H,20,21). The van der Waals surface area contributed by atoms with Crippen LogP contribution in [0.4, 0.5) is 5.69 Å². The number of carbonyl (C=O) groups is 2. The van der Waals surface area contributed by atoms with E-state index in [-0.39, 0.29) is 11.5 Å². The van der Waals surface area contributed by atoms with Crippen molar-refractivity contribution >= 4 is 49.4 Å². The lowest BCUT2D eigenvalue weighted by Crippen LogP contribution is -2.17. The third-order valence-corrected chi connectivity index (χ3v) is 4.58. The van der Waals surface area contributed by atoms with Gasteiger partial charge in [-0.25, -0.2) is 4.79 Å². The summed E-state index contributed by atoms with van der Waals surface area (Å²) in [4.78, 5) is 23.3. The van der Waals surface area contributed by atoms with Crippen molar-refractivity contribution in [3.63, 3.8) is 0 Å². The van der Waals surface area contributed by atoms with E-state index in [2.05, 4.69) is 42.5 Å². The van der Waals surface area contributed by atoms with Crippen molar-refractivity contribution in [2.45, 2.75) is 19.3 Å². The van der Waals surface area contributed by atoms with E-state index >= 15 is 0 Å². The molecule has 21 heavy (non-hydrogen) atoms. The van der Waals surface area contributed by atoms with E-state index in [1.165, 1.54) is 6.07 Å². The molecular formula is C14H16Br2N2O3. The fourth-order valence-corrected chi connectivity index (χ4v) is 3.69. The number of hydrogen-bond acceptors (Lipinski definition) is 3. The third-order valence-electron chi connectivity index (χ3n) is 3.49. The van der Waals surface area contributed by atoms with Crippen molar-refractivity contribution in [1.82, 2.24) is 5.32 Å². The molecule has 2 rings (SSSR count). The Hall–Kier alpha value is -0.920. The molecule has 0 aromatic heterocycles. The van der Waals surface area contributed by atoms with Gasteiger partial charge in [0, 0.05) is 15.4 Å². The molecule has 1 atom stereocenters. The van der Waals surface area contributed by atoms with Crippen LogP contribution in [0, 0.1) is 5.92 Å². The number of hydrogen-bond donors (Lipinski definition) is 3. The average Bonchev–Trinajstić information content (AvgIpc) is 2.92. The molecular weight excluding hydrogens is 404 g/mol. The van der Waals surface area contributed by atoms with Gasteiger partial charge in [0.25, 0.3) is 0 Å². The molecule has 0 saturated carbocycles. The number of amides is 1. The largest absolute Gasteiger partial charge is 0.478 e. The minimum Gasteiger partial charge on any atom is -0.478 e. The second kappa shape index (κ2) is 7.38. The quantitative estimate of drug-likeness (QED) is 0.684. The number of anilines is 1. The van der Waals surface area contributed by atoms with Crippen molar-refractivity contribution < 1.29 is 14.7 Å². The lowest BCUT2D eigenvalue weighted by Gasteiger charge is -2.12. The Balaban J connectivity index is 2.04. The Bertz CT molecular complexity index is 557. The van der Waals surface area contributed by atoms with Gasteiger partial charge in [-0.05, 0) is 59.9 Å². The van der Waals surface area contributed by atoms with Gasteiger partial charge >= 0.3 is 5.97 Å². The van der Waals surface area contributed by atoms with Crippen molar-refractivity contribution in [3.8, 4) is 0 Å². The Morgan fingerprint density at radius 3 is 2.76 bits per heavy atom. The highest BCUT2D eigenvalue weighted by Gasteiger charge is 2.19. The maximum Gasteiger partial charge on any atom is 0.337 e. The van der Waals surface area contributed by atoms with Crippen LogP contribution in [0.1, 0.15) is 29.6 Å². The van der Waals surface area contributed by atoms with Crippen LogP contribution in [0.5, 0.6) is 0 Å². The minimum absolute atomic E-state index is 0.0622. The van der Waals surface area contributed by atoms with Crippen LogP contribution in [0.15, 0.2) is 21.1 Å². The molecule has 1 heterocycles. The maximum absolute atomic E-state index is 12.0. The van der Waals surface area contributed by atoms with Crippen LogP contribution >= 0.6 is 31.9 Å². The van der Waals surface area contributed by atoms with E-state index in [1.54, 1.807) is 6.07 Å². The van der Waals surface area contributed by atoms with Gasteiger partial charge in [-0.1, -0.05) is 15.9 Å². The van der Waals surface area contributed by atoms with Crippen LogP contribution in [-0.2, 0) is 4.79 Å². The predicted octanol–water partition coefficient (Wildman–Crippen LogP) is 3.24. The predicted molar refractivity (Wildman–Crippen MR) is 87.6 cm³/mol. The molecule has 0 bridgehead atoms. The number of halogens is 2. The van der Waals surface area contributed by atoms with E-state index in [0.29, 0.717) is 27.0 Å². The van der Waals surface area contributed by atoms with Crippen LogP contribution in [-0.4, -0.2) is 30.1 Å². The summed E-state index contributed by atoms with van der Waals surface area (Å²) in [6.07, 6.45) is 2.30. The molecule has 7 heteroatoms. The average molecular weight is 420 g/mol. The monoisotopic (exact) mass is 418 g/mol. The summed E-state index contributed by atoms with van der Waals surface area (Å²) >= 11 is 6.54. The Morgan fingerprint density at radius 2 is 2.14 bits per heavy atom. The first kappa shape index (κ1) is 16.5. The summed E-state index contributed by atoms with van der Waals surface area (Å²) in [5.74, 6) is -0.706. The second-order valence-corrected chi connectivity index (χ2v) is 6.83. The number of carbonyl (C=O) groups excluding carboxylic acids is 1. The Morgan fingerprint density at radius 1 is 1.38 bits per heavy atom. The molecule has 1 saturated heterocycles. The minimum atomic E-state index is -1.08. The number of rotatable bonds is 5. The van der Waals surface area contributed by atoms with Crippen LogP contribution < -0.4 is 10.6 Å². The first-order valence-corrected chi connectivity index (χ1v) is 8.29. The zero-order valence-corrected chi connectivity index (χ0v) is 14.5. The van der Waals surface area contributed by atoms with E-state index in [4.69, 9.17) is 0 Å². The summed E-state index contributed by atoms with van der Waals surface area (Å²) in [7, 11) is 0. The lowest BCUT2D eigenvalue weighted by atomic mass is 10.0. The Kier molecular flexibility index (Phi) is 5.78. The van der Waals surface area contributed by atoms with Gasteiger partial charge in [-0.3, -0.25) is 4.79 Å². The number of aromatic carboxylic acids is 1. The van der Waals surface area contributed by atoms with Gasteiger partial charge in [0.15, 0.2) is 0 Å². The number of benzene rings is 1. The number of carboxylic acid groups (broad SMARTS) is 1. The maximum atomic E-state index is 12.0. The molecule has 0 aliphatic carbocycles. The van der Waals surface area contributed by atoms with Gasteiger partial charge in [-0.15, -0.1) is 0 Å². The van der Waals surface area contributed by atoms with Crippen molar-refractivity contribution in [2.75, 3.05) is 18.4 Å². The highest BCUT2D eigenvalue weighted by atomic mass is 79.9. The summed E-state index contributed by atoms with van der Waals surface area (Å²) in [5.41, 5.74) is 0.368. The molecule has 1 amide bonds. The molecule has 1 aliphatic rings. The number of nitrogens with one attached hydrogen (secondary N) is 2. The first-order chi connectivity index (χ1) is 9.97. The van der Waals surface area contributed by atoms with Crippen LogP contribution in [0.25, 0.3) is 0 Å². The molecule has 1 fully saturated rings. The van der Waals surface area contributed by atoms with Gasteiger partial charge in [0.05, 0.1) is 11.3 Å². The normalized spacial score (nSPS) is 17.7. The first-order valence-electron chi connectivity index (χ1n) is 6.70. The molecule has 0 spiro atoms. The van der Waals surface area contributed by atoms with Crippen molar-refractivity contribution in [3.05, 3.63) is 26.6 Å². The second-order valence-electron chi connectivity index (χ2n) is 5.06. The summed E-state index contributed by atoms with van der Waals surface area (Å²) in [6.45, 7) is 1.96. The summed E-state index contributed by atoms with van der Waals surface area (Å²) in [6, 6.07) is 3.19. The zero-order valence-electron chi connectivity index (χ0n) is 11.3. The van der Waals surface area contributed by atoms with Gasteiger partial charge in [0.1, 0.15) is 0 Å². The number of carboxylic acids is 1. The van der Waals surface area contributed by atoms with E-state index in [9.17, 15) is 14.7 Å². The van der Waals surface area contributed by atoms with E-state index in [1.807, 2.05) is 0 Å². The van der Waals surface area contributed by atoms with E-state index < -0.39 is 5.97 Å². The lowest BCUT2D eigenvalue weighted by molar-refractivity contribution is -0.116. The highest BCUT2D eigenvalue weighted by molar-refractivity contribution is 9.11. The van der Waals surface area contributed by atoms with Crippen molar-refractivity contribution in [1.29, 1.82) is 0 Å². The summed E-state index contributed by atoms with van der Waals surface area (Å²) < 4.78 is 1.19. The molecule has 5 nitrogen and oxygen atoms in total. The SMILES string of the molecule is O=C(CCC1CCNC1)Nc1c(Br)cc(Br)cc1C(=O)O. The molecule has 1 unspecified atom stereocenters. The highest BCUT2D eigenvalue weighted by Crippen LogP contribution is 2.31. The van der Waals surface area contributed by atoms with Gasteiger partial charge in [0.2, 0.25) is 5.91 Å². The Labute approximate surface area is 139 Å².